The highest BCUT2D eigenvalue weighted by Gasteiger charge is 2.06. The van der Waals surface area contributed by atoms with Crippen LogP contribution in [0, 0.1) is 11.3 Å². The molecule has 0 bridgehead atoms. The molecule has 0 unspecified atom stereocenters. The second-order valence-electron chi connectivity index (χ2n) is 4.00. The van der Waals surface area contributed by atoms with Crippen molar-refractivity contribution in [2.45, 2.75) is 6.54 Å². The van der Waals surface area contributed by atoms with E-state index in [0.717, 1.165) is 17.8 Å². The number of aromatic nitrogens is 1. The number of methoxy groups -OCH3 is 1. The molecular formula is C14H15N3O2. The van der Waals surface area contributed by atoms with Gasteiger partial charge in [-0.3, -0.25) is 0 Å². The molecule has 5 heteroatoms. The van der Waals surface area contributed by atoms with Gasteiger partial charge in [0.2, 0.25) is 5.89 Å². The lowest BCUT2D eigenvalue weighted by Crippen LogP contribution is -2.18. The molecule has 0 atom stereocenters. The molecule has 0 fully saturated rings. The SMILES string of the molecule is COCCNCc1coc(-c2ccc(C#N)cc2)n1. The molecule has 0 amide bonds. The van der Waals surface area contributed by atoms with Gasteiger partial charge in [0.25, 0.3) is 0 Å². The molecule has 0 saturated carbocycles. The second-order valence-corrected chi connectivity index (χ2v) is 4.00. The first-order chi connectivity index (χ1) is 9.33. The standard InChI is InChI=1S/C14H15N3O2/c1-18-7-6-16-9-13-10-19-14(17-13)12-4-2-11(8-15)3-5-12/h2-5,10,16H,6-7,9H2,1H3. The Morgan fingerprint density at radius 2 is 2.16 bits per heavy atom. The van der Waals surface area contributed by atoms with Crippen molar-refractivity contribution in [2.24, 2.45) is 0 Å². The van der Waals surface area contributed by atoms with Gasteiger partial charge in [0, 0.05) is 25.8 Å². The number of nitrogens with one attached hydrogen (secondary N) is 1. The van der Waals surface area contributed by atoms with E-state index in [2.05, 4.69) is 16.4 Å². The molecular weight excluding hydrogens is 242 g/mol. The average Bonchev–Trinajstić information content (AvgIpc) is 2.92. The fraction of sp³-hybridized carbons (Fsp3) is 0.286. The summed E-state index contributed by atoms with van der Waals surface area (Å²) >= 11 is 0. The lowest BCUT2D eigenvalue weighted by Gasteiger charge is -1.99. The summed E-state index contributed by atoms with van der Waals surface area (Å²) in [5.41, 5.74) is 2.33. The Kier molecular flexibility index (Phi) is 4.67. The van der Waals surface area contributed by atoms with E-state index in [1.54, 1.807) is 25.5 Å². The van der Waals surface area contributed by atoms with E-state index in [1.807, 2.05) is 12.1 Å². The Bertz CT molecular complexity index is 555. The van der Waals surface area contributed by atoms with Crippen LogP contribution in [0.1, 0.15) is 11.3 Å². The van der Waals surface area contributed by atoms with E-state index in [1.165, 1.54) is 0 Å². The first-order valence-electron chi connectivity index (χ1n) is 5.98. The van der Waals surface area contributed by atoms with Crippen LogP contribution in [0.5, 0.6) is 0 Å². The van der Waals surface area contributed by atoms with Crippen LogP contribution in [0.4, 0.5) is 0 Å². The van der Waals surface area contributed by atoms with E-state index in [-0.39, 0.29) is 0 Å². The third-order valence-corrected chi connectivity index (χ3v) is 2.60. The van der Waals surface area contributed by atoms with Gasteiger partial charge in [-0.1, -0.05) is 0 Å². The summed E-state index contributed by atoms with van der Waals surface area (Å²) in [5, 5.41) is 11.9. The van der Waals surface area contributed by atoms with E-state index >= 15 is 0 Å². The van der Waals surface area contributed by atoms with Gasteiger partial charge in [-0.2, -0.15) is 5.26 Å². The Balaban J connectivity index is 1.98. The number of oxazole rings is 1. The monoisotopic (exact) mass is 257 g/mol. The van der Waals surface area contributed by atoms with Crippen LogP contribution >= 0.6 is 0 Å². The topological polar surface area (TPSA) is 71.1 Å². The fourth-order valence-corrected chi connectivity index (χ4v) is 1.60. The number of benzene rings is 1. The molecule has 98 valence electrons. The molecule has 1 N–H and O–H groups in total. The lowest BCUT2D eigenvalue weighted by molar-refractivity contribution is 0.199. The molecule has 5 nitrogen and oxygen atoms in total. The summed E-state index contributed by atoms with van der Waals surface area (Å²) in [4.78, 5) is 4.38. The van der Waals surface area contributed by atoms with E-state index < -0.39 is 0 Å². The minimum absolute atomic E-state index is 0.563. The number of rotatable bonds is 6. The van der Waals surface area contributed by atoms with Crippen LogP contribution in [0.3, 0.4) is 0 Å². The van der Waals surface area contributed by atoms with Crippen molar-refractivity contribution >= 4 is 0 Å². The third-order valence-electron chi connectivity index (χ3n) is 2.60. The molecule has 0 saturated heterocycles. The molecule has 0 radical (unpaired) electrons. The largest absolute Gasteiger partial charge is 0.444 e. The van der Waals surface area contributed by atoms with Crippen molar-refractivity contribution in [3.8, 4) is 17.5 Å². The van der Waals surface area contributed by atoms with Crippen molar-refractivity contribution in [1.29, 1.82) is 5.26 Å². The van der Waals surface area contributed by atoms with Crippen molar-refractivity contribution in [3.05, 3.63) is 41.8 Å². The van der Waals surface area contributed by atoms with Crippen LogP contribution in [0.2, 0.25) is 0 Å². The Morgan fingerprint density at radius 3 is 2.84 bits per heavy atom. The zero-order valence-electron chi connectivity index (χ0n) is 10.7. The van der Waals surface area contributed by atoms with Crippen molar-refractivity contribution < 1.29 is 9.15 Å². The summed E-state index contributed by atoms with van der Waals surface area (Å²) in [6, 6.07) is 9.22. The summed E-state index contributed by atoms with van der Waals surface area (Å²) < 4.78 is 10.4. The maximum Gasteiger partial charge on any atom is 0.226 e. The maximum absolute atomic E-state index is 8.74. The van der Waals surface area contributed by atoms with E-state index in [4.69, 9.17) is 14.4 Å². The van der Waals surface area contributed by atoms with Crippen LogP contribution in [0.15, 0.2) is 34.9 Å². The van der Waals surface area contributed by atoms with Gasteiger partial charge in [-0.25, -0.2) is 4.98 Å². The molecule has 1 heterocycles. The van der Waals surface area contributed by atoms with E-state index in [0.29, 0.717) is 24.6 Å². The first kappa shape index (κ1) is 13.3. The number of hydrogen-bond donors (Lipinski definition) is 1. The van der Waals surface area contributed by atoms with Gasteiger partial charge in [0.15, 0.2) is 0 Å². The van der Waals surface area contributed by atoms with Gasteiger partial charge >= 0.3 is 0 Å². The predicted octanol–water partition coefficient (Wildman–Crippen LogP) is 1.95. The summed E-state index contributed by atoms with van der Waals surface area (Å²) in [6.45, 7) is 2.08. The van der Waals surface area contributed by atoms with Gasteiger partial charge in [0.1, 0.15) is 6.26 Å². The molecule has 0 spiro atoms. The predicted molar refractivity (Wildman–Crippen MR) is 70.2 cm³/mol. The lowest BCUT2D eigenvalue weighted by atomic mass is 10.1. The van der Waals surface area contributed by atoms with Gasteiger partial charge < -0.3 is 14.5 Å². The molecule has 2 aromatic rings. The third kappa shape index (κ3) is 3.65. The van der Waals surface area contributed by atoms with Crippen molar-refractivity contribution in [1.82, 2.24) is 10.3 Å². The first-order valence-corrected chi connectivity index (χ1v) is 5.98. The maximum atomic E-state index is 8.74. The minimum atomic E-state index is 0.563. The molecule has 19 heavy (non-hydrogen) atoms. The average molecular weight is 257 g/mol. The smallest absolute Gasteiger partial charge is 0.226 e. The zero-order chi connectivity index (χ0) is 13.5. The van der Waals surface area contributed by atoms with Crippen LogP contribution < -0.4 is 5.32 Å². The highest BCUT2D eigenvalue weighted by atomic mass is 16.5. The summed E-state index contributed by atoms with van der Waals surface area (Å²) in [5.74, 6) is 0.563. The molecule has 0 aliphatic carbocycles. The molecule has 1 aromatic heterocycles. The highest BCUT2D eigenvalue weighted by Crippen LogP contribution is 2.18. The van der Waals surface area contributed by atoms with Gasteiger partial charge in [-0.05, 0) is 24.3 Å². The molecule has 0 aliphatic heterocycles. The molecule has 0 aliphatic rings. The van der Waals surface area contributed by atoms with Crippen molar-refractivity contribution in [3.63, 3.8) is 0 Å². The number of nitriles is 1. The normalized spacial score (nSPS) is 10.3. The Labute approximate surface area is 111 Å². The number of hydrogen-bond acceptors (Lipinski definition) is 5. The molecule has 2 rings (SSSR count). The van der Waals surface area contributed by atoms with Gasteiger partial charge in [0.05, 0.1) is 23.9 Å². The highest BCUT2D eigenvalue weighted by molar-refractivity contribution is 5.54. The van der Waals surface area contributed by atoms with Crippen LogP contribution in [0.25, 0.3) is 11.5 Å². The fourth-order valence-electron chi connectivity index (χ4n) is 1.60. The van der Waals surface area contributed by atoms with Crippen molar-refractivity contribution in [2.75, 3.05) is 20.3 Å². The zero-order valence-corrected chi connectivity index (χ0v) is 10.7. The molecule has 1 aromatic carbocycles. The Morgan fingerprint density at radius 1 is 1.37 bits per heavy atom. The summed E-state index contributed by atoms with van der Waals surface area (Å²) in [7, 11) is 1.67. The van der Waals surface area contributed by atoms with Crippen LogP contribution in [-0.2, 0) is 11.3 Å². The van der Waals surface area contributed by atoms with E-state index in [9.17, 15) is 0 Å². The second kappa shape index (κ2) is 6.69. The Hall–Kier alpha value is -2.16. The number of nitrogens with zero attached hydrogens (tertiary/aromatic N) is 2. The summed E-state index contributed by atoms with van der Waals surface area (Å²) in [6.07, 6.45) is 1.63. The van der Waals surface area contributed by atoms with Crippen LogP contribution in [-0.4, -0.2) is 25.2 Å². The number of ether oxygens (including phenoxy) is 1. The minimum Gasteiger partial charge on any atom is -0.444 e. The van der Waals surface area contributed by atoms with Gasteiger partial charge in [-0.15, -0.1) is 0 Å². The quantitative estimate of drug-likeness (QED) is 0.801.